The molecule has 1 saturated heterocycles. The highest BCUT2D eigenvalue weighted by molar-refractivity contribution is 5.34. The maximum absolute atomic E-state index is 4.85. The Morgan fingerprint density at radius 2 is 2.05 bits per heavy atom. The minimum Gasteiger partial charge on any atom is -0.342 e. The Balaban J connectivity index is 2.06. The van der Waals surface area contributed by atoms with Crippen LogP contribution in [0.5, 0.6) is 0 Å². The number of rotatable bonds is 6. The van der Waals surface area contributed by atoms with Crippen molar-refractivity contribution in [3.63, 3.8) is 0 Å². The topological polar surface area (TPSA) is 33.1 Å². The maximum Gasteiger partial charge on any atom is 0.205 e. The van der Waals surface area contributed by atoms with Gasteiger partial charge in [0.15, 0.2) is 0 Å². The molecule has 0 aromatic carbocycles. The number of piperidine rings is 1. The lowest BCUT2D eigenvalue weighted by atomic mass is 9.97. The van der Waals surface area contributed by atoms with E-state index in [1.165, 1.54) is 24.5 Å². The zero-order valence-corrected chi connectivity index (χ0v) is 13.5. The van der Waals surface area contributed by atoms with E-state index in [0.29, 0.717) is 5.92 Å². The maximum atomic E-state index is 4.85. The van der Waals surface area contributed by atoms with Gasteiger partial charge in [0.25, 0.3) is 0 Å². The second-order valence-corrected chi connectivity index (χ2v) is 6.42. The highest BCUT2D eigenvalue weighted by atomic mass is 15.3. The first-order valence-electron chi connectivity index (χ1n) is 8.09. The number of imidazole rings is 1. The molecule has 0 radical (unpaired) electrons. The van der Waals surface area contributed by atoms with Gasteiger partial charge in [-0.15, -0.1) is 0 Å². The number of aromatic nitrogens is 2. The number of hydrogen-bond acceptors (Lipinski definition) is 3. The van der Waals surface area contributed by atoms with Crippen LogP contribution in [0.4, 0.5) is 5.95 Å². The monoisotopic (exact) mass is 278 g/mol. The van der Waals surface area contributed by atoms with Crippen molar-refractivity contribution in [2.75, 3.05) is 31.6 Å². The van der Waals surface area contributed by atoms with Gasteiger partial charge in [0.2, 0.25) is 5.95 Å². The molecule has 0 unspecified atom stereocenters. The van der Waals surface area contributed by atoms with Crippen LogP contribution in [0.1, 0.15) is 39.3 Å². The van der Waals surface area contributed by atoms with E-state index >= 15 is 0 Å². The molecule has 114 valence electrons. The van der Waals surface area contributed by atoms with E-state index in [0.717, 1.165) is 38.5 Å². The molecule has 1 aliphatic rings. The number of anilines is 1. The van der Waals surface area contributed by atoms with E-state index < -0.39 is 0 Å². The van der Waals surface area contributed by atoms with Gasteiger partial charge in [0, 0.05) is 25.8 Å². The van der Waals surface area contributed by atoms with E-state index in [1.807, 2.05) is 0 Å². The van der Waals surface area contributed by atoms with Crippen LogP contribution >= 0.6 is 0 Å². The van der Waals surface area contributed by atoms with Gasteiger partial charge < -0.3 is 14.8 Å². The van der Waals surface area contributed by atoms with Crippen molar-refractivity contribution in [3.05, 3.63) is 11.9 Å². The highest BCUT2D eigenvalue weighted by Crippen LogP contribution is 2.23. The van der Waals surface area contributed by atoms with Crippen LogP contribution in [-0.2, 0) is 13.0 Å². The molecule has 4 nitrogen and oxygen atoms in total. The van der Waals surface area contributed by atoms with Gasteiger partial charge in [-0.25, -0.2) is 4.98 Å². The summed E-state index contributed by atoms with van der Waals surface area (Å²) in [6, 6.07) is 0. The number of nitrogens with zero attached hydrogens (tertiary/aromatic N) is 3. The predicted molar refractivity (Wildman–Crippen MR) is 85.3 cm³/mol. The lowest BCUT2D eigenvalue weighted by molar-refractivity contribution is 0.386. The molecule has 0 bridgehead atoms. The molecule has 1 aromatic heterocycles. The molecule has 4 heteroatoms. The first-order valence-corrected chi connectivity index (χ1v) is 8.09. The standard InChI is InChI=1S/C16H30N4/c1-5-15-12-20(11-13(2)3)16(18-15)19-8-6-14(7-9-19)10-17-4/h12-14,17H,5-11H2,1-4H3. The number of hydrogen-bond donors (Lipinski definition) is 1. The summed E-state index contributed by atoms with van der Waals surface area (Å²) in [6.45, 7) is 11.2. The summed E-state index contributed by atoms with van der Waals surface area (Å²) in [4.78, 5) is 7.33. The van der Waals surface area contributed by atoms with Gasteiger partial charge in [0.1, 0.15) is 0 Å². The van der Waals surface area contributed by atoms with E-state index in [4.69, 9.17) is 4.98 Å². The second kappa shape index (κ2) is 7.11. The van der Waals surface area contributed by atoms with Crippen LogP contribution in [0.25, 0.3) is 0 Å². The summed E-state index contributed by atoms with van der Waals surface area (Å²) in [7, 11) is 2.05. The van der Waals surface area contributed by atoms with Gasteiger partial charge in [-0.2, -0.15) is 0 Å². The number of nitrogens with one attached hydrogen (secondary N) is 1. The van der Waals surface area contributed by atoms with E-state index in [9.17, 15) is 0 Å². The molecule has 0 amide bonds. The third-order valence-corrected chi connectivity index (χ3v) is 4.12. The van der Waals surface area contributed by atoms with Gasteiger partial charge in [-0.1, -0.05) is 20.8 Å². The minimum absolute atomic E-state index is 0.662. The Morgan fingerprint density at radius 1 is 1.35 bits per heavy atom. The smallest absolute Gasteiger partial charge is 0.205 e. The lowest BCUT2D eigenvalue weighted by Gasteiger charge is -2.33. The molecule has 1 fully saturated rings. The summed E-state index contributed by atoms with van der Waals surface area (Å²) in [5.41, 5.74) is 1.22. The van der Waals surface area contributed by atoms with Crippen LogP contribution in [0.15, 0.2) is 6.20 Å². The predicted octanol–water partition coefficient (Wildman–Crippen LogP) is 2.54. The fourth-order valence-corrected chi connectivity index (χ4v) is 3.04. The Hall–Kier alpha value is -1.03. The molecule has 1 N–H and O–H groups in total. The van der Waals surface area contributed by atoms with Gasteiger partial charge in [-0.3, -0.25) is 0 Å². The SMILES string of the molecule is CCc1cn(CC(C)C)c(N2CCC(CNC)CC2)n1. The van der Waals surface area contributed by atoms with Crippen molar-refractivity contribution >= 4 is 5.95 Å². The van der Waals surface area contributed by atoms with Crippen molar-refractivity contribution in [1.82, 2.24) is 14.9 Å². The highest BCUT2D eigenvalue weighted by Gasteiger charge is 2.22. The molecule has 0 atom stereocenters. The van der Waals surface area contributed by atoms with Gasteiger partial charge in [-0.05, 0) is 44.7 Å². The fourth-order valence-electron chi connectivity index (χ4n) is 3.04. The third-order valence-electron chi connectivity index (χ3n) is 4.12. The number of aryl methyl sites for hydroxylation is 1. The van der Waals surface area contributed by atoms with Crippen LogP contribution in [0, 0.1) is 11.8 Å². The molecule has 2 rings (SSSR count). The molecule has 0 saturated carbocycles. The Labute approximate surface area is 123 Å². The first-order chi connectivity index (χ1) is 9.63. The van der Waals surface area contributed by atoms with E-state index in [-0.39, 0.29) is 0 Å². The van der Waals surface area contributed by atoms with Crippen molar-refractivity contribution in [3.8, 4) is 0 Å². The molecular weight excluding hydrogens is 248 g/mol. The summed E-state index contributed by atoms with van der Waals surface area (Å²) >= 11 is 0. The molecule has 0 spiro atoms. The Bertz CT molecular complexity index is 403. The average molecular weight is 278 g/mol. The molecule has 1 aromatic rings. The van der Waals surface area contributed by atoms with Crippen molar-refractivity contribution in [2.24, 2.45) is 11.8 Å². The van der Waals surface area contributed by atoms with E-state index in [1.54, 1.807) is 0 Å². The fraction of sp³-hybridized carbons (Fsp3) is 0.812. The Morgan fingerprint density at radius 3 is 2.60 bits per heavy atom. The average Bonchev–Trinajstić information content (AvgIpc) is 2.82. The van der Waals surface area contributed by atoms with Gasteiger partial charge in [0.05, 0.1) is 5.69 Å². The summed E-state index contributed by atoms with van der Waals surface area (Å²) < 4.78 is 2.36. The zero-order valence-electron chi connectivity index (χ0n) is 13.5. The Kier molecular flexibility index (Phi) is 5.46. The van der Waals surface area contributed by atoms with Crippen LogP contribution < -0.4 is 10.2 Å². The summed E-state index contributed by atoms with van der Waals surface area (Å²) in [5, 5.41) is 3.30. The normalized spacial score (nSPS) is 17.1. The largest absolute Gasteiger partial charge is 0.342 e. The second-order valence-electron chi connectivity index (χ2n) is 6.42. The van der Waals surface area contributed by atoms with Crippen LogP contribution in [-0.4, -0.2) is 36.2 Å². The third kappa shape index (κ3) is 3.75. The molecular formula is C16H30N4. The zero-order chi connectivity index (χ0) is 14.5. The molecule has 20 heavy (non-hydrogen) atoms. The molecule has 1 aliphatic heterocycles. The van der Waals surface area contributed by atoms with Crippen LogP contribution in [0.3, 0.4) is 0 Å². The minimum atomic E-state index is 0.662. The van der Waals surface area contributed by atoms with Crippen molar-refractivity contribution in [2.45, 2.75) is 46.6 Å². The first kappa shape index (κ1) is 15.4. The van der Waals surface area contributed by atoms with E-state index in [2.05, 4.69) is 48.8 Å². The lowest BCUT2D eigenvalue weighted by Crippen LogP contribution is -2.38. The van der Waals surface area contributed by atoms with Crippen molar-refractivity contribution in [1.29, 1.82) is 0 Å². The quantitative estimate of drug-likeness (QED) is 0.868. The summed E-state index contributed by atoms with van der Waals surface area (Å²) in [5.74, 6) is 2.68. The van der Waals surface area contributed by atoms with Crippen LogP contribution in [0.2, 0.25) is 0 Å². The summed E-state index contributed by atoms with van der Waals surface area (Å²) in [6.07, 6.45) is 5.82. The van der Waals surface area contributed by atoms with Crippen molar-refractivity contribution < 1.29 is 0 Å². The molecule has 0 aliphatic carbocycles. The molecule has 2 heterocycles. The van der Waals surface area contributed by atoms with Gasteiger partial charge >= 0.3 is 0 Å².